The quantitative estimate of drug-likeness (QED) is 0.135. The Hall–Kier alpha value is -5.45. The summed E-state index contributed by atoms with van der Waals surface area (Å²) >= 11 is -3.89. The molecule has 52 heavy (non-hydrogen) atoms. The third-order valence-corrected chi connectivity index (χ3v) is 21.2. The third-order valence-electron chi connectivity index (χ3n) is 10.2. The first-order valence-electron chi connectivity index (χ1n) is 18.0. The Morgan fingerprint density at radius 3 is 0.923 bits per heavy atom. The molecule has 0 heterocycles. The molecule has 0 aliphatic heterocycles. The van der Waals surface area contributed by atoms with E-state index in [1.54, 1.807) is 0 Å². The van der Waals surface area contributed by atoms with Crippen LogP contribution in [0.25, 0.3) is 44.5 Å². The molecule has 0 aliphatic carbocycles. The fraction of sp³-hybridized carbons (Fsp3) is 0.0588. The van der Waals surface area contributed by atoms with Gasteiger partial charge in [0.25, 0.3) is 0 Å². The topological polar surface area (TPSA) is 0 Å². The summed E-state index contributed by atoms with van der Waals surface area (Å²) in [6, 6.07) is 75.0. The fourth-order valence-electron chi connectivity index (χ4n) is 7.47. The average molecular weight is 782 g/mol. The van der Waals surface area contributed by atoms with E-state index >= 15 is 0 Å². The zero-order chi connectivity index (χ0) is 35.5. The number of benzene rings is 8. The molecule has 0 unspecified atom stereocenters. The molecule has 0 aromatic heterocycles. The minimum atomic E-state index is -3.89. The molecule has 0 nitrogen and oxygen atoms in total. The van der Waals surface area contributed by atoms with Gasteiger partial charge in [0.2, 0.25) is 0 Å². The second kappa shape index (κ2) is 14.7. The number of hydrogen-bond donors (Lipinski definition) is 0. The van der Waals surface area contributed by atoms with Gasteiger partial charge in [-0.1, -0.05) is 0 Å². The minimum absolute atomic E-state index is 1.23. The predicted octanol–water partition coefficient (Wildman–Crippen LogP) is 10.7. The Balaban J connectivity index is 1.52. The standard InChI is InChI=1S/C51H42Te/c1-37-27-30-46(34-49(37)41-19-10-5-11-20-41)52(45-26-16-25-44(33-45)40-17-8-4-9-18-40,47-31-28-38(2)50(35-47)42-21-12-6-13-22-42)48-32-29-39(3)51(36-48)43-23-14-7-15-24-43/h4-36H,1-3H3. The van der Waals surface area contributed by atoms with Crippen molar-refractivity contribution in [2.24, 2.45) is 0 Å². The van der Waals surface area contributed by atoms with Crippen molar-refractivity contribution in [3.05, 3.63) is 217 Å². The molecule has 0 aliphatic rings. The zero-order valence-electron chi connectivity index (χ0n) is 30.0. The van der Waals surface area contributed by atoms with Gasteiger partial charge in [-0.2, -0.15) is 0 Å². The molecule has 1 heteroatoms. The van der Waals surface area contributed by atoms with Crippen LogP contribution in [0.15, 0.2) is 200 Å². The molecular formula is C51H42Te. The maximum absolute atomic E-state index is 3.89. The number of aryl methyl sites for hydroxylation is 3. The van der Waals surface area contributed by atoms with E-state index < -0.39 is 18.2 Å². The predicted molar refractivity (Wildman–Crippen MR) is 226 cm³/mol. The summed E-state index contributed by atoms with van der Waals surface area (Å²) in [6.07, 6.45) is 0. The molecule has 8 rings (SSSR count). The molecule has 0 radical (unpaired) electrons. The van der Waals surface area contributed by atoms with Gasteiger partial charge in [0.15, 0.2) is 0 Å². The Bertz CT molecular complexity index is 2250. The summed E-state index contributed by atoms with van der Waals surface area (Å²) in [5, 5.41) is 0. The van der Waals surface area contributed by atoms with Crippen LogP contribution < -0.4 is 14.4 Å². The summed E-state index contributed by atoms with van der Waals surface area (Å²) in [6.45, 7) is 6.74. The van der Waals surface area contributed by atoms with Crippen molar-refractivity contribution >= 4 is 32.6 Å². The Morgan fingerprint density at radius 2 is 0.558 bits per heavy atom. The van der Waals surface area contributed by atoms with Crippen LogP contribution in [0.2, 0.25) is 0 Å². The van der Waals surface area contributed by atoms with E-state index in [-0.39, 0.29) is 0 Å². The molecule has 0 amide bonds. The van der Waals surface area contributed by atoms with Gasteiger partial charge < -0.3 is 0 Å². The number of rotatable bonds is 8. The van der Waals surface area contributed by atoms with Crippen LogP contribution in [-0.2, 0) is 0 Å². The van der Waals surface area contributed by atoms with Crippen molar-refractivity contribution in [2.75, 3.05) is 0 Å². The van der Waals surface area contributed by atoms with Gasteiger partial charge in [-0.15, -0.1) is 0 Å². The van der Waals surface area contributed by atoms with E-state index in [2.05, 4.69) is 221 Å². The van der Waals surface area contributed by atoms with Crippen molar-refractivity contribution in [1.29, 1.82) is 0 Å². The van der Waals surface area contributed by atoms with Crippen molar-refractivity contribution in [3.63, 3.8) is 0 Å². The van der Waals surface area contributed by atoms with Crippen molar-refractivity contribution in [3.8, 4) is 44.5 Å². The van der Waals surface area contributed by atoms with Gasteiger partial charge in [0, 0.05) is 0 Å². The summed E-state index contributed by atoms with van der Waals surface area (Å²) < 4.78 is 5.67. The summed E-state index contributed by atoms with van der Waals surface area (Å²) in [4.78, 5) is 0. The van der Waals surface area contributed by atoms with Crippen LogP contribution in [0.4, 0.5) is 0 Å². The Labute approximate surface area is 312 Å². The normalized spacial score (nSPS) is 11.7. The van der Waals surface area contributed by atoms with E-state index in [4.69, 9.17) is 0 Å². The van der Waals surface area contributed by atoms with Crippen molar-refractivity contribution < 1.29 is 0 Å². The zero-order valence-corrected chi connectivity index (χ0v) is 32.3. The first-order chi connectivity index (χ1) is 25.5. The van der Waals surface area contributed by atoms with Crippen LogP contribution >= 0.6 is 0 Å². The molecule has 0 spiro atoms. The fourth-order valence-corrected chi connectivity index (χ4v) is 18.7. The maximum atomic E-state index is 2.53. The summed E-state index contributed by atoms with van der Waals surface area (Å²) in [5.41, 5.74) is 14.0. The summed E-state index contributed by atoms with van der Waals surface area (Å²) in [7, 11) is 0. The molecule has 8 aromatic carbocycles. The molecule has 0 N–H and O–H groups in total. The summed E-state index contributed by atoms with van der Waals surface area (Å²) in [5.74, 6) is 0. The van der Waals surface area contributed by atoms with Gasteiger partial charge in [0.1, 0.15) is 0 Å². The van der Waals surface area contributed by atoms with Crippen molar-refractivity contribution in [1.82, 2.24) is 0 Å². The molecule has 252 valence electrons. The molecule has 8 aromatic rings. The molecule has 0 fully saturated rings. The van der Waals surface area contributed by atoms with E-state index in [0.717, 1.165) is 0 Å². The van der Waals surface area contributed by atoms with Gasteiger partial charge >= 0.3 is 315 Å². The Morgan fingerprint density at radius 1 is 0.250 bits per heavy atom. The van der Waals surface area contributed by atoms with Crippen LogP contribution in [0.3, 0.4) is 0 Å². The van der Waals surface area contributed by atoms with E-state index in [9.17, 15) is 0 Å². The first kappa shape index (κ1) is 33.7. The van der Waals surface area contributed by atoms with Gasteiger partial charge in [-0.05, 0) is 0 Å². The average Bonchev–Trinajstić information content (AvgIpc) is 3.21. The van der Waals surface area contributed by atoms with E-state index in [1.165, 1.54) is 75.6 Å². The van der Waals surface area contributed by atoms with Gasteiger partial charge in [0.05, 0.1) is 0 Å². The third kappa shape index (κ3) is 6.33. The monoisotopic (exact) mass is 784 g/mol. The van der Waals surface area contributed by atoms with Crippen LogP contribution in [-0.4, -0.2) is 18.2 Å². The molecule has 0 bridgehead atoms. The van der Waals surface area contributed by atoms with Crippen LogP contribution in [0.1, 0.15) is 16.7 Å². The second-order valence-electron chi connectivity index (χ2n) is 13.5. The molecule has 0 saturated heterocycles. The van der Waals surface area contributed by atoms with Crippen LogP contribution in [0, 0.1) is 20.8 Å². The number of hydrogen-bond acceptors (Lipinski definition) is 0. The second-order valence-corrected chi connectivity index (χ2v) is 22.4. The van der Waals surface area contributed by atoms with E-state index in [0.29, 0.717) is 0 Å². The van der Waals surface area contributed by atoms with E-state index in [1.807, 2.05) is 0 Å². The molecule has 0 saturated carbocycles. The first-order valence-corrected chi connectivity index (χ1v) is 22.7. The SMILES string of the molecule is Cc1ccc([Te](c2cccc(-c3ccccc3)c2)(c2ccc(C)c(-c3ccccc3)c2)c2ccc(C)c(-c3ccccc3)c2)cc1-c1ccccc1. The van der Waals surface area contributed by atoms with Gasteiger partial charge in [-0.25, -0.2) is 0 Å². The molecular weight excluding hydrogens is 740 g/mol. The van der Waals surface area contributed by atoms with Gasteiger partial charge in [-0.3, -0.25) is 0 Å². The van der Waals surface area contributed by atoms with Crippen molar-refractivity contribution in [2.45, 2.75) is 20.8 Å². The van der Waals surface area contributed by atoms with Crippen LogP contribution in [0.5, 0.6) is 0 Å². The molecule has 0 atom stereocenters. The Kier molecular flexibility index (Phi) is 9.49.